The highest BCUT2D eigenvalue weighted by Gasteiger charge is 2.23. The lowest BCUT2D eigenvalue weighted by molar-refractivity contribution is 0.0505. The third kappa shape index (κ3) is 3.67. The number of carbonyl (C=O) groups excluding carboxylic acids is 1. The summed E-state index contributed by atoms with van der Waals surface area (Å²) < 4.78 is 5.23. The van der Waals surface area contributed by atoms with E-state index >= 15 is 0 Å². The molecule has 5 nitrogen and oxygen atoms in total. The summed E-state index contributed by atoms with van der Waals surface area (Å²) in [5, 5.41) is 4.52. The van der Waals surface area contributed by atoms with Gasteiger partial charge in [0.2, 0.25) is 0 Å². The number of carbonyl (C=O) groups is 1. The van der Waals surface area contributed by atoms with Gasteiger partial charge in [-0.05, 0) is 55.4 Å². The van der Waals surface area contributed by atoms with Crippen molar-refractivity contribution in [1.29, 1.82) is 0 Å². The maximum absolute atomic E-state index is 12.1. The van der Waals surface area contributed by atoms with Crippen LogP contribution in [0.1, 0.15) is 47.5 Å². The molecule has 2 heterocycles. The molecule has 1 atom stereocenters. The van der Waals surface area contributed by atoms with Crippen molar-refractivity contribution in [2.45, 2.75) is 39.5 Å². The number of nitrogens with zero attached hydrogens (tertiary/aromatic N) is 2. The van der Waals surface area contributed by atoms with Crippen LogP contribution in [0.4, 0.5) is 11.5 Å². The minimum Gasteiger partial charge on any atom is -0.462 e. The first-order chi connectivity index (χ1) is 13.2. The molecule has 140 valence electrons. The van der Waals surface area contributed by atoms with Crippen LogP contribution in [0.5, 0.6) is 0 Å². The number of benzene rings is 1. The molecule has 0 fully saturated rings. The monoisotopic (exact) mass is 381 g/mol. The highest BCUT2D eigenvalue weighted by atomic mass is 32.1. The van der Waals surface area contributed by atoms with Gasteiger partial charge in [0.15, 0.2) is 0 Å². The lowest BCUT2D eigenvalue weighted by atomic mass is 9.89. The topological polar surface area (TPSA) is 64.1 Å². The minimum absolute atomic E-state index is 0.296. The molecule has 0 bridgehead atoms. The third-order valence-electron chi connectivity index (χ3n) is 4.89. The first kappa shape index (κ1) is 17.9. The summed E-state index contributed by atoms with van der Waals surface area (Å²) in [4.78, 5) is 23.6. The lowest BCUT2D eigenvalue weighted by Gasteiger charge is -2.18. The van der Waals surface area contributed by atoms with E-state index in [0.717, 1.165) is 46.9 Å². The second-order valence-corrected chi connectivity index (χ2v) is 8.18. The van der Waals surface area contributed by atoms with Crippen molar-refractivity contribution in [2.24, 2.45) is 5.92 Å². The average molecular weight is 382 g/mol. The molecule has 1 aliphatic carbocycles. The summed E-state index contributed by atoms with van der Waals surface area (Å²) in [7, 11) is 0. The number of nitrogens with one attached hydrogen (secondary N) is 1. The van der Waals surface area contributed by atoms with Gasteiger partial charge in [0.1, 0.15) is 17.0 Å². The zero-order valence-electron chi connectivity index (χ0n) is 15.6. The second kappa shape index (κ2) is 7.64. The molecule has 0 aliphatic heterocycles. The van der Waals surface area contributed by atoms with Gasteiger partial charge in [0, 0.05) is 10.6 Å². The van der Waals surface area contributed by atoms with Crippen LogP contribution in [0.15, 0.2) is 30.6 Å². The molecule has 0 amide bonds. The quantitative estimate of drug-likeness (QED) is 0.621. The Balaban J connectivity index is 1.65. The molecule has 6 heteroatoms. The molecular weight excluding hydrogens is 358 g/mol. The number of anilines is 2. The Morgan fingerprint density at radius 3 is 3.11 bits per heavy atom. The highest BCUT2D eigenvalue weighted by Crippen LogP contribution is 2.40. The van der Waals surface area contributed by atoms with Gasteiger partial charge in [-0.25, -0.2) is 14.8 Å². The van der Waals surface area contributed by atoms with Crippen LogP contribution in [0.25, 0.3) is 10.2 Å². The lowest BCUT2D eigenvalue weighted by Crippen LogP contribution is -2.09. The zero-order valence-corrected chi connectivity index (χ0v) is 16.4. The predicted molar refractivity (Wildman–Crippen MR) is 109 cm³/mol. The van der Waals surface area contributed by atoms with Gasteiger partial charge >= 0.3 is 5.97 Å². The van der Waals surface area contributed by atoms with Crippen molar-refractivity contribution < 1.29 is 9.53 Å². The summed E-state index contributed by atoms with van der Waals surface area (Å²) in [6.07, 6.45) is 5.81. The number of ether oxygens (including phenoxy) is 1. The average Bonchev–Trinajstić information content (AvgIpc) is 3.04. The Hall–Kier alpha value is -2.47. The van der Waals surface area contributed by atoms with Crippen molar-refractivity contribution in [1.82, 2.24) is 9.97 Å². The molecule has 1 aliphatic rings. The smallest absolute Gasteiger partial charge is 0.338 e. The molecule has 4 rings (SSSR count). The maximum atomic E-state index is 12.1. The van der Waals surface area contributed by atoms with E-state index in [4.69, 9.17) is 4.74 Å². The van der Waals surface area contributed by atoms with Crippen LogP contribution in [0, 0.1) is 5.92 Å². The Morgan fingerprint density at radius 2 is 2.26 bits per heavy atom. The van der Waals surface area contributed by atoms with E-state index in [1.165, 1.54) is 16.9 Å². The van der Waals surface area contributed by atoms with Crippen molar-refractivity contribution in [3.8, 4) is 0 Å². The summed E-state index contributed by atoms with van der Waals surface area (Å²) >= 11 is 1.78. The van der Waals surface area contributed by atoms with E-state index in [1.807, 2.05) is 25.1 Å². The van der Waals surface area contributed by atoms with Gasteiger partial charge in [-0.15, -0.1) is 11.3 Å². The van der Waals surface area contributed by atoms with E-state index < -0.39 is 0 Å². The van der Waals surface area contributed by atoms with E-state index in [0.29, 0.717) is 12.2 Å². The van der Waals surface area contributed by atoms with Crippen molar-refractivity contribution in [2.75, 3.05) is 11.9 Å². The molecule has 0 spiro atoms. The molecule has 0 saturated carbocycles. The van der Waals surface area contributed by atoms with Gasteiger partial charge in [0.05, 0.1) is 17.6 Å². The normalized spacial score (nSPS) is 16.1. The number of hydrogen-bond acceptors (Lipinski definition) is 6. The van der Waals surface area contributed by atoms with E-state index in [1.54, 1.807) is 23.7 Å². The third-order valence-corrected chi connectivity index (χ3v) is 6.05. The van der Waals surface area contributed by atoms with Gasteiger partial charge in [-0.2, -0.15) is 0 Å². The van der Waals surface area contributed by atoms with E-state index in [-0.39, 0.29) is 5.97 Å². The van der Waals surface area contributed by atoms with Crippen LogP contribution in [0.2, 0.25) is 0 Å². The number of hydrogen-bond donors (Lipinski definition) is 1. The minimum atomic E-state index is -0.296. The van der Waals surface area contributed by atoms with Crippen LogP contribution >= 0.6 is 11.3 Å². The Labute approximate surface area is 162 Å². The largest absolute Gasteiger partial charge is 0.462 e. The molecule has 3 aromatic rings. The number of thiophene rings is 1. The summed E-state index contributed by atoms with van der Waals surface area (Å²) in [6.45, 7) is 4.72. The predicted octanol–water partition coefficient (Wildman–Crippen LogP) is 5.13. The van der Waals surface area contributed by atoms with Crippen LogP contribution in [-0.2, 0) is 17.6 Å². The first-order valence-corrected chi connectivity index (χ1v) is 10.3. The maximum Gasteiger partial charge on any atom is 0.338 e. The fourth-order valence-electron chi connectivity index (χ4n) is 3.51. The van der Waals surface area contributed by atoms with Crippen LogP contribution in [-0.4, -0.2) is 22.5 Å². The van der Waals surface area contributed by atoms with Gasteiger partial charge in [-0.3, -0.25) is 0 Å². The van der Waals surface area contributed by atoms with Crippen molar-refractivity contribution >= 4 is 39.0 Å². The Bertz CT molecular complexity index is 983. The van der Waals surface area contributed by atoms with E-state index in [9.17, 15) is 4.79 Å². The molecule has 1 aromatic carbocycles. The number of esters is 1. The van der Waals surface area contributed by atoms with Crippen LogP contribution in [0.3, 0.4) is 0 Å². The van der Waals surface area contributed by atoms with Crippen molar-refractivity contribution in [3.63, 3.8) is 0 Å². The molecule has 0 radical (unpaired) electrons. The number of rotatable bonds is 5. The van der Waals surface area contributed by atoms with Crippen molar-refractivity contribution in [3.05, 3.63) is 46.6 Å². The number of aryl methyl sites for hydroxylation is 1. The van der Waals surface area contributed by atoms with Gasteiger partial charge in [-0.1, -0.05) is 19.9 Å². The van der Waals surface area contributed by atoms with Crippen LogP contribution < -0.4 is 5.32 Å². The number of fused-ring (bicyclic) bond motifs is 3. The summed E-state index contributed by atoms with van der Waals surface area (Å²) in [5.41, 5.74) is 2.75. The SMILES string of the molecule is CCCOC(=O)c1cccc(Nc2ncnc3sc4c(c23)CC[C@H](C)C4)c1. The molecular formula is C21H23N3O2S. The standard InChI is InChI=1S/C21H23N3O2S/c1-3-9-26-21(25)14-5-4-6-15(11-14)24-19-18-16-8-7-13(2)10-17(16)27-20(18)23-12-22-19/h4-6,11-13H,3,7-10H2,1-2H3,(H,22,23,24)/t13-/m0/s1. The molecule has 2 aromatic heterocycles. The van der Waals surface area contributed by atoms with Gasteiger partial charge in [0.25, 0.3) is 0 Å². The van der Waals surface area contributed by atoms with Gasteiger partial charge < -0.3 is 10.1 Å². The Morgan fingerprint density at radius 1 is 1.37 bits per heavy atom. The molecule has 27 heavy (non-hydrogen) atoms. The molecule has 0 saturated heterocycles. The fraction of sp³-hybridized carbons (Fsp3) is 0.381. The molecule has 1 N–H and O–H groups in total. The second-order valence-electron chi connectivity index (χ2n) is 7.10. The highest BCUT2D eigenvalue weighted by molar-refractivity contribution is 7.19. The first-order valence-electron chi connectivity index (χ1n) is 9.45. The Kier molecular flexibility index (Phi) is 5.07. The van der Waals surface area contributed by atoms with E-state index in [2.05, 4.69) is 22.2 Å². The summed E-state index contributed by atoms with van der Waals surface area (Å²) in [6, 6.07) is 7.37. The number of aromatic nitrogens is 2. The fourth-order valence-corrected chi connectivity index (χ4v) is 4.86. The zero-order chi connectivity index (χ0) is 18.8. The summed E-state index contributed by atoms with van der Waals surface area (Å²) in [5.74, 6) is 1.24. The molecule has 0 unspecified atom stereocenters.